The van der Waals surface area contributed by atoms with Crippen LogP contribution in [0.5, 0.6) is 5.75 Å². The summed E-state index contributed by atoms with van der Waals surface area (Å²) in [6.45, 7) is 0. The summed E-state index contributed by atoms with van der Waals surface area (Å²) < 4.78 is 18.9. The second kappa shape index (κ2) is 6.72. The third-order valence-corrected chi connectivity index (χ3v) is 4.75. The molecule has 26 heavy (non-hydrogen) atoms. The molecule has 0 atom stereocenters. The van der Waals surface area contributed by atoms with E-state index in [2.05, 4.69) is 20.2 Å². The molecule has 0 aliphatic rings. The lowest BCUT2D eigenvalue weighted by molar-refractivity contribution is 0.101. The number of aromatic nitrogens is 4. The number of carbonyl (C=O) groups is 1. The summed E-state index contributed by atoms with van der Waals surface area (Å²) in [7, 11) is 1.60. The van der Waals surface area contributed by atoms with E-state index in [-0.39, 0.29) is 17.1 Å². The number of halogens is 1. The fourth-order valence-electron chi connectivity index (χ4n) is 2.62. The number of ketones is 1. The number of ether oxygens (including phenoxy) is 1. The first-order valence-corrected chi connectivity index (χ1v) is 8.75. The number of nitrogens with zero attached hydrogens (tertiary/aromatic N) is 3. The van der Waals surface area contributed by atoms with Crippen LogP contribution < -0.4 is 4.74 Å². The fraction of sp³-hybridized carbons (Fsp3) is 0.111. The van der Waals surface area contributed by atoms with Crippen molar-refractivity contribution in [2.45, 2.75) is 5.16 Å². The molecule has 0 aliphatic carbocycles. The largest absolute Gasteiger partial charge is 0.497 e. The Balaban J connectivity index is 1.59. The summed E-state index contributed by atoms with van der Waals surface area (Å²) in [5.74, 6) is -0.105. The van der Waals surface area contributed by atoms with Crippen LogP contribution in [-0.2, 0) is 0 Å². The Morgan fingerprint density at radius 2 is 2.08 bits per heavy atom. The van der Waals surface area contributed by atoms with Crippen LogP contribution in [0.4, 0.5) is 4.39 Å². The zero-order valence-electron chi connectivity index (χ0n) is 13.7. The molecule has 0 bridgehead atoms. The maximum absolute atomic E-state index is 13.7. The highest BCUT2D eigenvalue weighted by atomic mass is 32.2. The number of H-pyrrole nitrogens is 1. The van der Waals surface area contributed by atoms with Crippen molar-refractivity contribution in [3.63, 3.8) is 0 Å². The van der Waals surface area contributed by atoms with Crippen LogP contribution >= 0.6 is 11.8 Å². The first-order chi connectivity index (χ1) is 12.7. The number of methoxy groups -OCH3 is 1. The zero-order valence-corrected chi connectivity index (χ0v) is 14.5. The molecule has 4 aromatic rings. The van der Waals surface area contributed by atoms with Gasteiger partial charge in [-0.05, 0) is 30.3 Å². The number of hydrogen-bond donors (Lipinski definition) is 1. The maximum atomic E-state index is 13.7. The van der Waals surface area contributed by atoms with Crippen molar-refractivity contribution in [2.75, 3.05) is 12.9 Å². The molecule has 0 radical (unpaired) electrons. The SMILES string of the molecule is COc1ccc2[nH]c3nc(SCC(=O)c4ccccc4F)nnc3c2c1. The minimum absolute atomic E-state index is 0.0299. The van der Waals surface area contributed by atoms with Gasteiger partial charge in [-0.1, -0.05) is 23.9 Å². The molecular weight excluding hydrogens is 355 g/mol. The normalized spacial score (nSPS) is 11.2. The van der Waals surface area contributed by atoms with Gasteiger partial charge in [-0.25, -0.2) is 9.37 Å². The Hall–Kier alpha value is -3.00. The highest BCUT2D eigenvalue weighted by molar-refractivity contribution is 7.99. The molecule has 1 N–H and O–H groups in total. The van der Waals surface area contributed by atoms with Crippen LogP contribution in [0.15, 0.2) is 47.6 Å². The van der Waals surface area contributed by atoms with Crippen LogP contribution in [0.25, 0.3) is 22.1 Å². The van der Waals surface area contributed by atoms with Gasteiger partial charge in [0.15, 0.2) is 11.4 Å². The van der Waals surface area contributed by atoms with Crippen molar-refractivity contribution in [3.8, 4) is 5.75 Å². The van der Waals surface area contributed by atoms with Crippen molar-refractivity contribution in [3.05, 3.63) is 53.8 Å². The van der Waals surface area contributed by atoms with Crippen LogP contribution in [-0.4, -0.2) is 38.8 Å². The number of carbonyl (C=O) groups excluding carboxylic acids is 1. The molecule has 8 heteroatoms. The van der Waals surface area contributed by atoms with Gasteiger partial charge in [0.05, 0.1) is 18.4 Å². The topological polar surface area (TPSA) is 80.8 Å². The van der Waals surface area contributed by atoms with E-state index in [0.717, 1.165) is 22.7 Å². The smallest absolute Gasteiger partial charge is 0.211 e. The van der Waals surface area contributed by atoms with Crippen LogP contribution in [0.1, 0.15) is 10.4 Å². The van der Waals surface area contributed by atoms with Gasteiger partial charge in [0, 0.05) is 10.9 Å². The lowest BCUT2D eigenvalue weighted by Gasteiger charge is -2.01. The lowest BCUT2D eigenvalue weighted by atomic mass is 10.1. The number of rotatable bonds is 5. The Morgan fingerprint density at radius 1 is 1.23 bits per heavy atom. The monoisotopic (exact) mass is 368 g/mol. The predicted octanol–water partition coefficient (Wildman–Crippen LogP) is 3.63. The van der Waals surface area contributed by atoms with Gasteiger partial charge < -0.3 is 9.72 Å². The molecule has 2 heterocycles. The summed E-state index contributed by atoms with van der Waals surface area (Å²) in [5, 5.41) is 9.48. The third-order valence-electron chi connectivity index (χ3n) is 3.91. The number of Topliss-reactive ketones (excluding diaryl/α,β-unsaturated/α-hetero) is 1. The highest BCUT2D eigenvalue weighted by Crippen LogP contribution is 2.27. The number of thioether (sulfide) groups is 1. The summed E-state index contributed by atoms with van der Waals surface area (Å²) in [4.78, 5) is 19.7. The summed E-state index contributed by atoms with van der Waals surface area (Å²) in [6, 6.07) is 11.5. The van der Waals surface area contributed by atoms with E-state index in [0.29, 0.717) is 22.1 Å². The predicted molar refractivity (Wildman–Crippen MR) is 97.2 cm³/mol. The highest BCUT2D eigenvalue weighted by Gasteiger charge is 2.14. The lowest BCUT2D eigenvalue weighted by Crippen LogP contribution is -2.06. The van der Waals surface area contributed by atoms with Crippen molar-refractivity contribution in [1.82, 2.24) is 20.2 Å². The summed E-state index contributed by atoms with van der Waals surface area (Å²) >= 11 is 1.12. The van der Waals surface area contributed by atoms with E-state index in [4.69, 9.17) is 4.74 Å². The van der Waals surface area contributed by atoms with E-state index >= 15 is 0 Å². The first-order valence-electron chi connectivity index (χ1n) is 7.76. The third kappa shape index (κ3) is 2.99. The molecule has 0 saturated heterocycles. The van der Waals surface area contributed by atoms with Crippen molar-refractivity contribution >= 4 is 39.6 Å². The summed E-state index contributed by atoms with van der Waals surface area (Å²) in [5.41, 5.74) is 2.13. The minimum atomic E-state index is -0.530. The molecule has 2 aromatic carbocycles. The quantitative estimate of drug-likeness (QED) is 0.428. The average Bonchev–Trinajstić information content (AvgIpc) is 3.03. The van der Waals surface area contributed by atoms with Gasteiger partial charge in [-0.2, -0.15) is 0 Å². The molecule has 0 aliphatic heterocycles. The van der Waals surface area contributed by atoms with Gasteiger partial charge in [-0.3, -0.25) is 4.79 Å². The van der Waals surface area contributed by atoms with E-state index in [1.54, 1.807) is 19.2 Å². The molecule has 130 valence electrons. The van der Waals surface area contributed by atoms with E-state index in [1.807, 2.05) is 18.2 Å². The van der Waals surface area contributed by atoms with Crippen LogP contribution in [0, 0.1) is 5.82 Å². The maximum Gasteiger partial charge on any atom is 0.211 e. The molecule has 0 unspecified atom stereocenters. The first kappa shape index (κ1) is 16.5. The molecular formula is C18H13FN4O2S. The molecule has 0 spiro atoms. The van der Waals surface area contributed by atoms with Crippen LogP contribution in [0.3, 0.4) is 0 Å². The number of benzene rings is 2. The molecule has 0 amide bonds. The second-order valence-electron chi connectivity index (χ2n) is 5.52. The molecule has 6 nitrogen and oxygen atoms in total. The van der Waals surface area contributed by atoms with Gasteiger partial charge in [0.1, 0.15) is 17.1 Å². The molecule has 0 fully saturated rings. The van der Waals surface area contributed by atoms with E-state index < -0.39 is 5.82 Å². The van der Waals surface area contributed by atoms with Crippen molar-refractivity contribution in [2.24, 2.45) is 0 Å². The van der Waals surface area contributed by atoms with Crippen molar-refractivity contribution < 1.29 is 13.9 Å². The van der Waals surface area contributed by atoms with Crippen LogP contribution in [0.2, 0.25) is 0 Å². The number of fused-ring (bicyclic) bond motifs is 3. The standard InChI is InChI=1S/C18H13FN4O2S/c1-25-10-6-7-14-12(8-10)16-17(20-14)21-18(23-22-16)26-9-15(24)11-4-2-3-5-13(11)19/h2-8H,9H2,1H3,(H,20,21,23). The van der Waals surface area contributed by atoms with Gasteiger partial charge in [-0.15, -0.1) is 10.2 Å². The Bertz CT molecular complexity index is 1130. The summed E-state index contributed by atoms with van der Waals surface area (Å²) in [6.07, 6.45) is 0. The minimum Gasteiger partial charge on any atom is -0.497 e. The number of nitrogens with one attached hydrogen (secondary N) is 1. The van der Waals surface area contributed by atoms with Gasteiger partial charge in [0.25, 0.3) is 0 Å². The fourth-order valence-corrected chi connectivity index (χ4v) is 3.29. The van der Waals surface area contributed by atoms with Gasteiger partial charge >= 0.3 is 0 Å². The molecule has 0 saturated carbocycles. The van der Waals surface area contributed by atoms with Gasteiger partial charge in [0.2, 0.25) is 5.16 Å². The van der Waals surface area contributed by atoms with E-state index in [9.17, 15) is 9.18 Å². The second-order valence-corrected chi connectivity index (χ2v) is 6.46. The number of hydrogen-bond acceptors (Lipinski definition) is 6. The Morgan fingerprint density at radius 3 is 2.88 bits per heavy atom. The van der Waals surface area contributed by atoms with E-state index in [1.165, 1.54) is 12.1 Å². The molecule has 4 rings (SSSR count). The molecule has 2 aromatic heterocycles. The van der Waals surface area contributed by atoms with Crippen molar-refractivity contribution in [1.29, 1.82) is 0 Å². The Labute approximate surface area is 151 Å². The zero-order chi connectivity index (χ0) is 18.1. The average molecular weight is 368 g/mol. The number of aromatic amines is 1. The Kier molecular flexibility index (Phi) is 4.26.